The lowest BCUT2D eigenvalue weighted by atomic mass is 9.58. The van der Waals surface area contributed by atoms with Crippen molar-refractivity contribution in [2.45, 2.75) is 107 Å². The number of allylic oxidation sites excluding steroid dienone is 8. The molecule has 0 saturated heterocycles. The zero-order valence-corrected chi connectivity index (χ0v) is 29.0. The average Bonchev–Trinajstić information content (AvgIpc) is 3.32. The summed E-state index contributed by atoms with van der Waals surface area (Å²) in [4.78, 5) is 0. The molecule has 218 valence electrons. The molecule has 3 fully saturated rings. The van der Waals surface area contributed by atoms with E-state index in [2.05, 4.69) is 133 Å². The Balaban J connectivity index is 1.64. The molecular formula is C38H62Si. The standard InChI is InChI=1S/C38H62Si/c1-21-22(2)24(4)34-33(23(21)3)25(5)26(6)35(34)39(13,14)36-31-19-27(37(7,8)9)15-17-29(31)30-18-16-28(20-32(30)36)38(10,11)12/h15-26,29-36H,1-14H3/t21?,22?,23?,24?,25?,26-,29-,30?,31?,32?,33?,34?,35?,36?/m0/s1. The summed E-state index contributed by atoms with van der Waals surface area (Å²) in [5.41, 5.74) is 5.32. The molecule has 0 aromatic heterocycles. The van der Waals surface area contributed by atoms with Crippen LogP contribution in [0.2, 0.25) is 24.2 Å². The molecule has 0 amide bonds. The highest BCUT2D eigenvalue weighted by atomic mass is 28.3. The van der Waals surface area contributed by atoms with Gasteiger partial charge in [0.1, 0.15) is 0 Å². The molecule has 0 aliphatic heterocycles. The summed E-state index contributed by atoms with van der Waals surface area (Å²) >= 11 is 0. The third-order valence-electron chi connectivity index (χ3n) is 13.9. The first kappa shape index (κ1) is 29.7. The smallest absolute Gasteiger partial charge is 0.0553 e. The second-order valence-corrected chi connectivity index (χ2v) is 22.9. The summed E-state index contributed by atoms with van der Waals surface area (Å²) in [7, 11) is -1.72. The van der Waals surface area contributed by atoms with Crippen LogP contribution in [0.25, 0.3) is 0 Å². The van der Waals surface area contributed by atoms with Gasteiger partial charge in [0.2, 0.25) is 0 Å². The van der Waals surface area contributed by atoms with Crippen LogP contribution in [0.15, 0.2) is 47.6 Å². The van der Waals surface area contributed by atoms with E-state index in [1.807, 2.05) is 0 Å². The first-order valence-electron chi connectivity index (χ1n) is 16.7. The Labute approximate surface area is 244 Å². The van der Waals surface area contributed by atoms with Gasteiger partial charge in [-0.25, -0.2) is 0 Å². The van der Waals surface area contributed by atoms with E-state index in [0.29, 0.717) is 23.7 Å². The van der Waals surface area contributed by atoms with Crippen molar-refractivity contribution in [3.63, 3.8) is 0 Å². The predicted molar refractivity (Wildman–Crippen MR) is 174 cm³/mol. The molecule has 14 atom stereocenters. The fraction of sp³-hybridized carbons (Fsp3) is 0.789. The van der Waals surface area contributed by atoms with Crippen LogP contribution in [0, 0.1) is 81.8 Å². The van der Waals surface area contributed by atoms with Crippen molar-refractivity contribution in [3.8, 4) is 0 Å². The summed E-state index contributed by atoms with van der Waals surface area (Å²) in [5.74, 6) is 9.61. The summed E-state index contributed by atoms with van der Waals surface area (Å²) < 4.78 is 0. The molecule has 0 aromatic rings. The number of hydrogen-bond donors (Lipinski definition) is 0. The van der Waals surface area contributed by atoms with Crippen LogP contribution in [0.3, 0.4) is 0 Å². The van der Waals surface area contributed by atoms with Crippen LogP contribution in [-0.2, 0) is 0 Å². The van der Waals surface area contributed by atoms with Crippen molar-refractivity contribution in [3.05, 3.63) is 47.6 Å². The van der Waals surface area contributed by atoms with E-state index in [1.54, 1.807) is 11.1 Å². The molecule has 12 unspecified atom stereocenters. The highest BCUT2D eigenvalue weighted by molar-refractivity contribution is 6.80. The lowest BCUT2D eigenvalue weighted by molar-refractivity contribution is 0.0135. The highest BCUT2D eigenvalue weighted by Gasteiger charge is 2.64. The first-order chi connectivity index (χ1) is 17.9. The van der Waals surface area contributed by atoms with Crippen molar-refractivity contribution in [1.29, 1.82) is 0 Å². The maximum absolute atomic E-state index is 2.87. The fourth-order valence-electron chi connectivity index (χ4n) is 11.3. The maximum Gasteiger partial charge on any atom is 0.0553 e. The predicted octanol–water partition coefficient (Wildman–Crippen LogP) is 11.1. The summed E-state index contributed by atoms with van der Waals surface area (Å²) in [6, 6.07) is 0. The summed E-state index contributed by atoms with van der Waals surface area (Å²) in [5, 5.41) is 0. The van der Waals surface area contributed by atoms with E-state index in [9.17, 15) is 0 Å². The van der Waals surface area contributed by atoms with Gasteiger partial charge in [-0.2, -0.15) is 0 Å². The van der Waals surface area contributed by atoms with Crippen molar-refractivity contribution < 1.29 is 0 Å². The van der Waals surface area contributed by atoms with Gasteiger partial charge in [0, 0.05) is 0 Å². The molecule has 5 aliphatic carbocycles. The Morgan fingerprint density at radius 3 is 1.28 bits per heavy atom. The van der Waals surface area contributed by atoms with E-state index in [-0.39, 0.29) is 10.8 Å². The molecule has 0 aromatic carbocycles. The van der Waals surface area contributed by atoms with Crippen molar-refractivity contribution >= 4 is 8.07 Å². The Morgan fingerprint density at radius 1 is 0.487 bits per heavy atom. The minimum absolute atomic E-state index is 0.215. The van der Waals surface area contributed by atoms with Crippen LogP contribution in [0.5, 0.6) is 0 Å². The Morgan fingerprint density at radius 2 is 0.872 bits per heavy atom. The van der Waals surface area contributed by atoms with Crippen molar-refractivity contribution in [2.24, 2.45) is 81.8 Å². The third kappa shape index (κ3) is 4.49. The molecule has 5 rings (SSSR count). The summed E-state index contributed by atoms with van der Waals surface area (Å²) in [6.07, 6.45) is 15.9. The molecular weight excluding hydrogens is 485 g/mol. The lowest BCUT2D eigenvalue weighted by Crippen LogP contribution is -2.50. The van der Waals surface area contributed by atoms with E-state index in [4.69, 9.17) is 0 Å². The molecule has 39 heavy (non-hydrogen) atoms. The zero-order valence-electron chi connectivity index (χ0n) is 28.0. The second kappa shape index (κ2) is 9.60. The SMILES string of the molecule is CC1C(C)C(C)C2C(C1C)C(C)[C@H](C)C2[Si](C)(C)C1C2C=C(C(C)(C)C)C=CC2[C@@H]2C=CC(C(C)(C)C)=CC12. The maximum atomic E-state index is 2.87. The van der Waals surface area contributed by atoms with Gasteiger partial charge in [-0.1, -0.05) is 133 Å². The van der Waals surface area contributed by atoms with Gasteiger partial charge >= 0.3 is 0 Å². The molecule has 0 radical (unpaired) electrons. The molecule has 0 nitrogen and oxygen atoms in total. The first-order valence-corrected chi connectivity index (χ1v) is 19.9. The Hall–Kier alpha value is -0.823. The van der Waals surface area contributed by atoms with Gasteiger partial charge in [-0.3, -0.25) is 0 Å². The fourth-order valence-corrected chi connectivity index (χ4v) is 17.6. The largest absolute Gasteiger partial charge is 0.0799 e. The van der Waals surface area contributed by atoms with Gasteiger partial charge in [0.05, 0.1) is 8.07 Å². The number of rotatable bonds is 2. The topological polar surface area (TPSA) is 0 Å². The van der Waals surface area contributed by atoms with Crippen LogP contribution >= 0.6 is 0 Å². The van der Waals surface area contributed by atoms with Crippen LogP contribution in [0.4, 0.5) is 0 Å². The van der Waals surface area contributed by atoms with Gasteiger partial charge in [0.25, 0.3) is 0 Å². The quantitative estimate of drug-likeness (QED) is 0.302. The highest BCUT2D eigenvalue weighted by Crippen LogP contribution is 2.69. The second-order valence-electron chi connectivity index (χ2n) is 18.0. The van der Waals surface area contributed by atoms with E-state index >= 15 is 0 Å². The molecule has 0 spiro atoms. The minimum Gasteiger partial charge on any atom is -0.0799 e. The molecule has 0 heterocycles. The monoisotopic (exact) mass is 546 g/mol. The molecule has 0 bridgehead atoms. The van der Waals surface area contributed by atoms with Crippen molar-refractivity contribution in [2.75, 3.05) is 0 Å². The number of hydrogen-bond acceptors (Lipinski definition) is 0. The van der Waals surface area contributed by atoms with Crippen LogP contribution in [0.1, 0.15) is 83.1 Å². The number of fused-ring (bicyclic) bond motifs is 4. The minimum atomic E-state index is -1.72. The Kier molecular flexibility index (Phi) is 7.30. The zero-order chi connectivity index (χ0) is 29.0. The molecule has 1 heteroatoms. The molecule has 5 aliphatic rings. The van der Waals surface area contributed by atoms with Gasteiger partial charge < -0.3 is 0 Å². The Bertz CT molecular complexity index is 1020. The van der Waals surface area contributed by atoms with E-state index < -0.39 is 8.07 Å². The van der Waals surface area contributed by atoms with Crippen LogP contribution < -0.4 is 0 Å². The van der Waals surface area contributed by atoms with Gasteiger partial charge in [0.15, 0.2) is 0 Å². The van der Waals surface area contributed by atoms with Gasteiger partial charge in [-0.15, -0.1) is 0 Å². The average molecular weight is 547 g/mol. The van der Waals surface area contributed by atoms with Gasteiger partial charge in [-0.05, 0) is 104 Å². The lowest BCUT2D eigenvalue weighted by Gasteiger charge is -2.52. The normalized spacial score (nSPS) is 47.8. The van der Waals surface area contributed by atoms with Crippen LogP contribution in [-0.4, -0.2) is 8.07 Å². The summed E-state index contributed by atoms with van der Waals surface area (Å²) in [6.45, 7) is 36.0. The van der Waals surface area contributed by atoms with E-state index in [0.717, 1.165) is 58.4 Å². The van der Waals surface area contributed by atoms with Crippen molar-refractivity contribution in [1.82, 2.24) is 0 Å². The third-order valence-corrected chi connectivity index (χ3v) is 19.0. The molecule has 0 N–H and O–H groups in total. The van der Waals surface area contributed by atoms with E-state index in [1.165, 1.54) is 0 Å². The molecule has 3 saturated carbocycles.